The predicted octanol–water partition coefficient (Wildman–Crippen LogP) is 19.3. The van der Waals surface area contributed by atoms with Crippen molar-refractivity contribution in [2.24, 2.45) is 23.7 Å². The normalized spacial score (nSPS) is 20.5. The van der Waals surface area contributed by atoms with E-state index < -0.39 is 0 Å². The van der Waals surface area contributed by atoms with Crippen molar-refractivity contribution in [3.05, 3.63) is 242 Å². The van der Waals surface area contributed by atoms with Crippen molar-refractivity contribution in [2.45, 2.75) is 43.9 Å². The zero-order valence-corrected chi connectivity index (χ0v) is 41.9. The van der Waals surface area contributed by atoms with E-state index in [1.165, 1.54) is 154 Å². The van der Waals surface area contributed by atoms with Gasteiger partial charge < -0.3 is 9.13 Å². The van der Waals surface area contributed by atoms with Crippen LogP contribution in [0.25, 0.3) is 121 Å². The fourth-order valence-electron chi connectivity index (χ4n) is 16.2. The molecule has 0 amide bonds. The highest BCUT2D eigenvalue weighted by atomic mass is 15.0. The Balaban J connectivity index is 0.810. The maximum atomic E-state index is 2.67. The molecule has 5 atom stereocenters. The van der Waals surface area contributed by atoms with Gasteiger partial charge in [0.05, 0.1) is 27.8 Å². The Morgan fingerprint density at radius 1 is 0.307 bits per heavy atom. The third-order valence-electron chi connectivity index (χ3n) is 19.2. The molecular formula is C73H54N2. The minimum Gasteiger partial charge on any atom is -0.309 e. The largest absolute Gasteiger partial charge is 0.309 e. The lowest BCUT2D eigenvalue weighted by atomic mass is 9.50. The molecule has 0 saturated heterocycles. The zero-order valence-electron chi connectivity index (χ0n) is 41.9. The zero-order chi connectivity index (χ0) is 48.9. The van der Waals surface area contributed by atoms with E-state index in [2.05, 4.69) is 240 Å². The Kier molecular flexibility index (Phi) is 8.83. The first kappa shape index (κ1) is 42.0. The van der Waals surface area contributed by atoms with E-state index >= 15 is 0 Å². The van der Waals surface area contributed by atoms with Crippen molar-refractivity contribution in [3.63, 3.8) is 0 Å². The average molecular weight is 959 g/mol. The van der Waals surface area contributed by atoms with E-state index in [0.717, 1.165) is 29.4 Å². The van der Waals surface area contributed by atoms with Gasteiger partial charge in [-0.2, -0.15) is 0 Å². The molecule has 5 aliphatic carbocycles. The van der Waals surface area contributed by atoms with Gasteiger partial charge in [-0.3, -0.25) is 0 Å². The number of hydrogen-bond donors (Lipinski definition) is 0. The van der Waals surface area contributed by atoms with E-state index in [1.54, 1.807) is 11.1 Å². The van der Waals surface area contributed by atoms with Crippen molar-refractivity contribution in [1.82, 2.24) is 9.13 Å². The highest BCUT2D eigenvalue weighted by molar-refractivity contribution is 6.14. The van der Waals surface area contributed by atoms with Crippen molar-refractivity contribution in [2.75, 3.05) is 0 Å². The van der Waals surface area contributed by atoms with Crippen LogP contribution in [-0.2, 0) is 5.41 Å². The fraction of sp³-hybridized carbons (Fsp3) is 0.151. The second-order valence-corrected chi connectivity index (χ2v) is 22.8. The van der Waals surface area contributed by atoms with Crippen molar-refractivity contribution >= 4 is 65.2 Å². The summed E-state index contributed by atoms with van der Waals surface area (Å²) in [6.07, 6.45) is 8.45. The summed E-state index contributed by atoms with van der Waals surface area (Å²) < 4.78 is 4.98. The number of fused-ring (bicyclic) bond motifs is 12. The number of aromatic nitrogens is 2. The first-order valence-corrected chi connectivity index (χ1v) is 27.6. The molecule has 2 aromatic heterocycles. The molecule has 0 N–H and O–H groups in total. The topological polar surface area (TPSA) is 9.86 Å². The lowest BCUT2D eigenvalue weighted by Gasteiger charge is -2.53. The van der Waals surface area contributed by atoms with Gasteiger partial charge in [0.1, 0.15) is 0 Å². The SMILES string of the molecule is c1ccc(-c2cccc(-n3c4ccccc4c4ccc(-c5ccc6c7ccccc7n(-c7cccc8cc9c(-c%10ccc%11c(c%10)C%10(c%12ccccc%12-%11)C%11CCC%12CC(C%11)CC%10C%12)cccc9cc78)c6c5)cc43)c2)cc1. The van der Waals surface area contributed by atoms with E-state index in [4.69, 9.17) is 0 Å². The van der Waals surface area contributed by atoms with Crippen LogP contribution in [0.5, 0.6) is 0 Å². The van der Waals surface area contributed by atoms with Crippen molar-refractivity contribution < 1.29 is 0 Å². The fourth-order valence-corrected chi connectivity index (χ4v) is 16.2. The molecule has 4 fully saturated rings. The lowest BCUT2D eigenvalue weighted by molar-refractivity contribution is 0.0618. The second kappa shape index (κ2) is 15.8. The summed E-state index contributed by atoms with van der Waals surface area (Å²) in [7, 11) is 0. The van der Waals surface area contributed by atoms with Crippen LogP contribution in [0, 0.1) is 23.7 Å². The Bertz CT molecular complexity index is 4520. The standard InChI is InChI=1S/C73H54N2/c1-2-13-47(14-3-1)48-15-10-18-56(39-48)74-68-24-8-5-20-60(68)62-33-28-49(43-71(62)74)50-29-34-63-61-21-6-9-25-69(61)75(72(63)44-50)70-26-12-17-52-40-64-51(41-65(52)70)16-11-22-57(64)53-30-32-59-58-19-4-7-23-66(58)73(67(59)42-53)54-31-27-45-35-46(37-54)38-55(73)36-45/h1-26,28-30,32-34,39-46,54-55H,27,31,35-38H2. The van der Waals surface area contributed by atoms with Gasteiger partial charge in [0.15, 0.2) is 0 Å². The van der Waals surface area contributed by atoms with Gasteiger partial charge in [0.2, 0.25) is 0 Å². The molecule has 4 saturated carbocycles. The third-order valence-corrected chi connectivity index (χ3v) is 19.2. The molecule has 0 radical (unpaired) electrons. The molecule has 18 rings (SSSR count). The predicted molar refractivity (Wildman–Crippen MR) is 314 cm³/mol. The van der Waals surface area contributed by atoms with Gasteiger partial charge in [-0.15, -0.1) is 0 Å². The van der Waals surface area contributed by atoms with E-state index in [-0.39, 0.29) is 5.41 Å². The van der Waals surface area contributed by atoms with E-state index in [9.17, 15) is 0 Å². The van der Waals surface area contributed by atoms with Crippen LogP contribution in [-0.4, -0.2) is 9.13 Å². The second-order valence-electron chi connectivity index (χ2n) is 22.8. The van der Waals surface area contributed by atoms with Gasteiger partial charge in [0, 0.05) is 38.0 Å². The van der Waals surface area contributed by atoms with Gasteiger partial charge in [-0.1, -0.05) is 176 Å². The smallest absolute Gasteiger partial charge is 0.0547 e. The number of para-hydroxylation sites is 2. The molecule has 5 unspecified atom stereocenters. The van der Waals surface area contributed by atoms with Crippen LogP contribution in [0.2, 0.25) is 0 Å². The number of benzene rings is 11. The molecule has 75 heavy (non-hydrogen) atoms. The molecule has 2 heteroatoms. The first-order chi connectivity index (χ1) is 37.1. The summed E-state index contributed by atoms with van der Waals surface area (Å²) in [5, 5.41) is 10.1. The highest BCUT2D eigenvalue weighted by Gasteiger charge is 2.59. The summed E-state index contributed by atoms with van der Waals surface area (Å²) in [5.74, 6) is 3.28. The summed E-state index contributed by atoms with van der Waals surface area (Å²) in [6.45, 7) is 0. The van der Waals surface area contributed by atoms with Crippen molar-refractivity contribution in [3.8, 4) is 55.9 Å². The van der Waals surface area contributed by atoms with Gasteiger partial charge in [-0.25, -0.2) is 0 Å². The van der Waals surface area contributed by atoms with Crippen LogP contribution in [0.3, 0.4) is 0 Å². The van der Waals surface area contributed by atoms with Crippen LogP contribution in [0.15, 0.2) is 231 Å². The van der Waals surface area contributed by atoms with Gasteiger partial charge in [-0.05, 0) is 188 Å². The molecule has 1 spiro atoms. The van der Waals surface area contributed by atoms with E-state index in [1.807, 2.05) is 0 Å². The Morgan fingerprint density at radius 3 is 1.72 bits per heavy atom. The Hall–Kier alpha value is -8.46. The number of rotatable bonds is 5. The highest BCUT2D eigenvalue weighted by Crippen LogP contribution is 2.68. The molecule has 2 heterocycles. The molecule has 5 aliphatic rings. The van der Waals surface area contributed by atoms with Gasteiger partial charge in [0.25, 0.3) is 0 Å². The van der Waals surface area contributed by atoms with Crippen molar-refractivity contribution in [1.29, 1.82) is 0 Å². The Morgan fingerprint density at radius 2 is 0.893 bits per heavy atom. The summed E-state index contributed by atoms with van der Waals surface area (Å²) in [5.41, 5.74) is 21.1. The maximum absolute atomic E-state index is 2.67. The first-order valence-electron chi connectivity index (χ1n) is 27.6. The average Bonchev–Trinajstić information content (AvgIpc) is 4.17. The molecule has 2 nitrogen and oxygen atoms in total. The molecular weight excluding hydrogens is 905 g/mol. The maximum Gasteiger partial charge on any atom is 0.0547 e. The molecule has 11 aromatic carbocycles. The minimum absolute atomic E-state index is 0.129. The summed E-state index contributed by atoms with van der Waals surface area (Å²) in [6, 6.07) is 87.7. The minimum atomic E-state index is 0.129. The van der Waals surface area contributed by atoms with E-state index in [0.29, 0.717) is 0 Å². The molecule has 4 bridgehead atoms. The number of nitrogens with zero attached hydrogens (tertiary/aromatic N) is 2. The molecule has 356 valence electrons. The lowest BCUT2D eigenvalue weighted by Crippen LogP contribution is -2.48. The van der Waals surface area contributed by atoms with Crippen LogP contribution >= 0.6 is 0 Å². The quantitative estimate of drug-likeness (QED) is 0.152. The number of hydrogen-bond acceptors (Lipinski definition) is 0. The monoisotopic (exact) mass is 958 g/mol. The third kappa shape index (κ3) is 5.97. The molecule has 13 aromatic rings. The van der Waals surface area contributed by atoms with Crippen LogP contribution < -0.4 is 0 Å². The van der Waals surface area contributed by atoms with Crippen LogP contribution in [0.1, 0.15) is 49.7 Å². The molecule has 0 aliphatic heterocycles. The Labute approximate surface area is 437 Å². The van der Waals surface area contributed by atoms with Crippen LogP contribution in [0.4, 0.5) is 0 Å². The van der Waals surface area contributed by atoms with Gasteiger partial charge >= 0.3 is 0 Å². The summed E-state index contributed by atoms with van der Waals surface area (Å²) >= 11 is 0. The summed E-state index contributed by atoms with van der Waals surface area (Å²) in [4.78, 5) is 0.